The molecule has 1 aromatic carbocycles. The number of hydrogen-bond donors (Lipinski definition) is 0. The lowest BCUT2D eigenvalue weighted by Gasteiger charge is -2.13. The first kappa shape index (κ1) is 11.5. The van der Waals surface area contributed by atoms with Gasteiger partial charge < -0.3 is 4.57 Å². The van der Waals surface area contributed by atoms with Crippen LogP contribution in [0.3, 0.4) is 0 Å². The third-order valence-electron chi connectivity index (χ3n) is 3.61. The van der Waals surface area contributed by atoms with Crippen molar-refractivity contribution in [2.45, 2.75) is 39.2 Å². The standard InChI is InChI=1S/C16H20N2/c1-12(2)16-17-10-15(14-6-4-3-5-7-14)18(16)11-13-8-9-13/h3-7,10,12-13H,8-9,11H2,1-2H3. The summed E-state index contributed by atoms with van der Waals surface area (Å²) in [7, 11) is 0. The van der Waals surface area contributed by atoms with Crippen LogP contribution in [-0.2, 0) is 6.54 Å². The molecule has 0 spiro atoms. The summed E-state index contributed by atoms with van der Waals surface area (Å²) in [4.78, 5) is 4.64. The summed E-state index contributed by atoms with van der Waals surface area (Å²) in [6.45, 7) is 5.58. The van der Waals surface area contributed by atoms with Gasteiger partial charge in [-0.15, -0.1) is 0 Å². The molecule has 0 N–H and O–H groups in total. The smallest absolute Gasteiger partial charge is 0.111 e. The molecule has 0 bridgehead atoms. The van der Waals surface area contributed by atoms with Crippen LogP contribution in [0, 0.1) is 5.92 Å². The van der Waals surface area contributed by atoms with Gasteiger partial charge in [0.05, 0.1) is 11.9 Å². The number of nitrogens with zero attached hydrogens (tertiary/aromatic N) is 2. The second kappa shape index (κ2) is 4.60. The summed E-state index contributed by atoms with van der Waals surface area (Å²) in [5.41, 5.74) is 2.55. The number of rotatable bonds is 4. The van der Waals surface area contributed by atoms with Gasteiger partial charge in [0.2, 0.25) is 0 Å². The molecule has 18 heavy (non-hydrogen) atoms. The van der Waals surface area contributed by atoms with Crippen molar-refractivity contribution >= 4 is 0 Å². The van der Waals surface area contributed by atoms with Gasteiger partial charge in [0, 0.05) is 12.5 Å². The van der Waals surface area contributed by atoms with Crippen LogP contribution in [-0.4, -0.2) is 9.55 Å². The van der Waals surface area contributed by atoms with E-state index < -0.39 is 0 Å². The van der Waals surface area contributed by atoms with Crippen molar-refractivity contribution in [2.75, 3.05) is 0 Å². The average Bonchev–Trinajstić information content (AvgIpc) is 3.08. The van der Waals surface area contributed by atoms with E-state index >= 15 is 0 Å². The van der Waals surface area contributed by atoms with Crippen LogP contribution in [0.15, 0.2) is 36.5 Å². The van der Waals surface area contributed by atoms with E-state index in [4.69, 9.17) is 0 Å². The van der Waals surface area contributed by atoms with Crippen molar-refractivity contribution in [3.8, 4) is 11.3 Å². The number of benzene rings is 1. The highest BCUT2D eigenvalue weighted by Gasteiger charge is 2.25. The molecule has 0 amide bonds. The maximum absolute atomic E-state index is 4.64. The van der Waals surface area contributed by atoms with Crippen molar-refractivity contribution in [1.29, 1.82) is 0 Å². The summed E-state index contributed by atoms with van der Waals surface area (Å²) in [6.07, 6.45) is 4.79. The minimum absolute atomic E-state index is 0.487. The molecule has 0 unspecified atom stereocenters. The third kappa shape index (κ3) is 2.20. The SMILES string of the molecule is CC(C)c1ncc(-c2ccccc2)n1CC1CC1. The monoisotopic (exact) mass is 240 g/mol. The lowest BCUT2D eigenvalue weighted by molar-refractivity contribution is 0.580. The molecular formula is C16H20N2. The molecule has 1 aliphatic carbocycles. The molecule has 1 fully saturated rings. The summed E-state index contributed by atoms with van der Waals surface area (Å²) in [5.74, 6) is 2.58. The lowest BCUT2D eigenvalue weighted by atomic mass is 10.1. The van der Waals surface area contributed by atoms with Gasteiger partial charge in [-0.2, -0.15) is 0 Å². The molecule has 94 valence electrons. The van der Waals surface area contributed by atoms with E-state index in [1.165, 1.54) is 29.9 Å². The van der Waals surface area contributed by atoms with Gasteiger partial charge in [-0.1, -0.05) is 44.2 Å². The van der Waals surface area contributed by atoms with Gasteiger partial charge in [0.1, 0.15) is 5.82 Å². The molecule has 2 aromatic rings. The fourth-order valence-corrected chi connectivity index (χ4v) is 2.44. The van der Waals surface area contributed by atoms with Crippen LogP contribution in [0.2, 0.25) is 0 Å². The quantitative estimate of drug-likeness (QED) is 0.787. The lowest BCUT2D eigenvalue weighted by Crippen LogP contribution is -2.08. The van der Waals surface area contributed by atoms with Crippen LogP contribution in [0.5, 0.6) is 0 Å². The molecule has 1 heterocycles. The molecule has 3 rings (SSSR count). The van der Waals surface area contributed by atoms with Crippen LogP contribution in [0.1, 0.15) is 38.4 Å². The van der Waals surface area contributed by atoms with Crippen molar-refractivity contribution < 1.29 is 0 Å². The van der Waals surface area contributed by atoms with Crippen molar-refractivity contribution in [2.24, 2.45) is 5.92 Å². The predicted molar refractivity (Wildman–Crippen MR) is 74.5 cm³/mol. The number of hydrogen-bond acceptors (Lipinski definition) is 1. The molecule has 0 radical (unpaired) electrons. The Kier molecular flexibility index (Phi) is 2.94. The summed E-state index contributed by atoms with van der Waals surface area (Å²) in [6, 6.07) is 10.6. The van der Waals surface area contributed by atoms with Gasteiger partial charge >= 0.3 is 0 Å². The van der Waals surface area contributed by atoms with E-state index in [1.54, 1.807) is 0 Å². The van der Waals surface area contributed by atoms with Gasteiger partial charge in [-0.05, 0) is 24.3 Å². The molecule has 1 aliphatic rings. The number of imidazole rings is 1. The Balaban J connectivity index is 2.02. The first-order chi connectivity index (χ1) is 8.75. The molecule has 0 saturated heterocycles. The Bertz CT molecular complexity index is 521. The van der Waals surface area contributed by atoms with E-state index in [0.29, 0.717) is 5.92 Å². The van der Waals surface area contributed by atoms with E-state index in [0.717, 1.165) is 12.5 Å². The first-order valence-electron chi connectivity index (χ1n) is 6.86. The fourth-order valence-electron chi connectivity index (χ4n) is 2.44. The maximum atomic E-state index is 4.64. The van der Waals surface area contributed by atoms with Gasteiger partial charge in [0.15, 0.2) is 0 Å². The third-order valence-corrected chi connectivity index (χ3v) is 3.61. The zero-order valence-corrected chi connectivity index (χ0v) is 11.1. The maximum Gasteiger partial charge on any atom is 0.111 e. The van der Waals surface area contributed by atoms with E-state index in [2.05, 4.69) is 53.7 Å². The van der Waals surface area contributed by atoms with Crippen molar-refractivity contribution in [3.05, 3.63) is 42.4 Å². The molecule has 1 aromatic heterocycles. The zero-order chi connectivity index (χ0) is 12.5. The minimum Gasteiger partial charge on any atom is -0.328 e. The van der Waals surface area contributed by atoms with Gasteiger partial charge in [-0.3, -0.25) is 0 Å². The second-order valence-electron chi connectivity index (χ2n) is 5.58. The molecule has 1 saturated carbocycles. The molecule has 0 aliphatic heterocycles. The highest BCUT2D eigenvalue weighted by molar-refractivity contribution is 5.59. The normalized spacial score (nSPS) is 15.3. The molecule has 2 heteroatoms. The van der Waals surface area contributed by atoms with Gasteiger partial charge in [-0.25, -0.2) is 4.98 Å². The molecule has 0 atom stereocenters. The Morgan fingerprint density at radius 3 is 2.56 bits per heavy atom. The van der Waals surface area contributed by atoms with E-state index in [9.17, 15) is 0 Å². The largest absolute Gasteiger partial charge is 0.328 e. The Morgan fingerprint density at radius 1 is 1.22 bits per heavy atom. The Hall–Kier alpha value is -1.57. The summed E-state index contributed by atoms with van der Waals surface area (Å²) >= 11 is 0. The average molecular weight is 240 g/mol. The minimum atomic E-state index is 0.487. The molecule has 2 nitrogen and oxygen atoms in total. The van der Waals surface area contributed by atoms with Crippen molar-refractivity contribution in [3.63, 3.8) is 0 Å². The topological polar surface area (TPSA) is 17.8 Å². The Morgan fingerprint density at radius 2 is 1.94 bits per heavy atom. The fraction of sp³-hybridized carbons (Fsp3) is 0.438. The van der Waals surface area contributed by atoms with E-state index in [-0.39, 0.29) is 0 Å². The second-order valence-corrected chi connectivity index (χ2v) is 5.58. The zero-order valence-electron chi connectivity index (χ0n) is 11.1. The highest BCUT2D eigenvalue weighted by Crippen LogP contribution is 2.34. The molecular weight excluding hydrogens is 220 g/mol. The summed E-state index contributed by atoms with van der Waals surface area (Å²) < 4.78 is 2.43. The predicted octanol–water partition coefficient (Wildman–Crippen LogP) is 4.08. The van der Waals surface area contributed by atoms with Crippen LogP contribution >= 0.6 is 0 Å². The van der Waals surface area contributed by atoms with Crippen LogP contribution in [0.25, 0.3) is 11.3 Å². The van der Waals surface area contributed by atoms with Crippen molar-refractivity contribution in [1.82, 2.24) is 9.55 Å². The summed E-state index contributed by atoms with van der Waals surface area (Å²) in [5, 5.41) is 0. The Labute approximate surface area is 109 Å². The van der Waals surface area contributed by atoms with E-state index in [1.807, 2.05) is 6.20 Å². The van der Waals surface area contributed by atoms with Crippen LogP contribution < -0.4 is 0 Å². The highest BCUT2D eigenvalue weighted by atomic mass is 15.1. The first-order valence-corrected chi connectivity index (χ1v) is 6.86. The van der Waals surface area contributed by atoms with Gasteiger partial charge in [0.25, 0.3) is 0 Å². The number of aromatic nitrogens is 2. The van der Waals surface area contributed by atoms with Crippen LogP contribution in [0.4, 0.5) is 0 Å².